The molecule has 5 aromatic rings. The molecular formula is C43H39F5N2O6S. The summed E-state index contributed by atoms with van der Waals surface area (Å²) in [5, 5.41) is 2.56. The minimum Gasteiger partial charge on any atom is -0.488 e. The standard InChI is InChI=1S/C43H39F5N2O6S/c1-50(57(53,54)41-39(47)37(45)36(44)38(46)40(41)48)34(23-27-17-19-31(20-18-27)30-15-9-4-10-16-30)42(51)49-32-21-22-35(55-25-28-11-5-2-6-12-28)33(24-32)43(52)56-26-29-13-7-3-8-14-29/h2-3,5-8,11-14,17-22,24,30,34H,4,9-10,15-16,23,25-26H2,1H3,(H,49,51). The highest BCUT2D eigenvalue weighted by atomic mass is 32.2. The van der Waals surface area contributed by atoms with Gasteiger partial charge in [-0.15, -0.1) is 0 Å². The minimum absolute atomic E-state index is 0.0154. The van der Waals surface area contributed by atoms with Crippen LogP contribution in [0.1, 0.15) is 70.6 Å². The van der Waals surface area contributed by atoms with E-state index < -0.39 is 61.9 Å². The first-order chi connectivity index (χ1) is 27.3. The second-order valence-electron chi connectivity index (χ2n) is 13.8. The third kappa shape index (κ3) is 9.51. The topological polar surface area (TPSA) is 102 Å². The first-order valence-electron chi connectivity index (χ1n) is 18.3. The molecule has 1 aliphatic carbocycles. The van der Waals surface area contributed by atoms with E-state index >= 15 is 0 Å². The van der Waals surface area contributed by atoms with Crippen molar-refractivity contribution in [2.24, 2.45) is 0 Å². The largest absolute Gasteiger partial charge is 0.488 e. The van der Waals surface area contributed by atoms with Crippen molar-refractivity contribution in [2.45, 2.75) is 68.6 Å². The molecule has 0 heterocycles. The Morgan fingerprint density at radius 1 is 0.719 bits per heavy atom. The summed E-state index contributed by atoms with van der Waals surface area (Å²) >= 11 is 0. The van der Waals surface area contributed by atoms with Gasteiger partial charge in [0, 0.05) is 12.7 Å². The molecule has 0 saturated heterocycles. The Labute approximate surface area is 327 Å². The Morgan fingerprint density at radius 3 is 1.88 bits per heavy atom. The lowest BCUT2D eigenvalue weighted by atomic mass is 9.84. The second-order valence-corrected chi connectivity index (χ2v) is 15.7. The van der Waals surface area contributed by atoms with E-state index in [4.69, 9.17) is 9.47 Å². The van der Waals surface area contributed by atoms with Gasteiger partial charge in [0.2, 0.25) is 21.7 Å². The van der Waals surface area contributed by atoms with Gasteiger partial charge in [0.15, 0.2) is 28.2 Å². The Balaban J connectivity index is 1.32. The molecule has 1 saturated carbocycles. The van der Waals surface area contributed by atoms with E-state index in [9.17, 15) is 40.0 Å². The quantitative estimate of drug-likeness (QED) is 0.0520. The lowest BCUT2D eigenvalue weighted by Gasteiger charge is -2.28. The molecule has 1 amide bonds. The van der Waals surface area contributed by atoms with Gasteiger partial charge in [-0.2, -0.15) is 4.31 Å². The van der Waals surface area contributed by atoms with Crippen LogP contribution in [0.25, 0.3) is 0 Å². The van der Waals surface area contributed by atoms with Crippen LogP contribution in [-0.2, 0) is 39.2 Å². The predicted molar refractivity (Wildman–Crippen MR) is 202 cm³/mol. The number of benzene rings is 5. The molecule has 57 heavy (non-hydrogen) atoms. The number of rotatable bonds is 14. The van der Waals surface area contributed by atoms with Crippen LogP contribution in [0.3, 0.4) is 0 Å². The van der Waals surface area contributed by atoms with Gasteiger partial charge >= 0.3 is 5.97 Å². The lowest BCUT2D eigenvalue weighted by molar-refractivity contribution is -0.119. The van der Waals surface area contributed by atoms with Crippen molar-refractivity contribution < 1.29 is 49.4 Å². The molecule has 1 atom stereocenters. The Kier molecular flexibility index (Phi) is 13.0. The number of hydrogen-bond acceptors (Lipinski definition) is 6. The lowest BCUT2D eigenvalue weighted by Crippen LogP contribution is -2.47. The van der Waals surface area contributed by atoms with Crippen LogP contribution >= 0.6 is 0 Å². The molecule has 0 radical (unpaired) electrons. The van der Waals surface area contributed by atoms with E-state index in [0.29, 0.717) is 17.0 Å². The zero-order valence-corrected chi connectivity index (χ0v) is 31.6. The number of ether oxygens (including phenoxy) is 2. The number of hydrogen-bond donors (Lipinski definition) is 1. The molecule has 1 fully saturated rings. The average molecular weight is 807 g/mol. The molecule has 1 N–H and O–H groups in total. The van der Waals surface area contributed by atoms with Gasteiger partial charge < -0.3 is 14.8 Å². The number of nitrogens with one attached hydrogen (secondary N) is 1. The summed E-state index contributed by atoms with van der Waals surface area (Å²) in [6.07, 6.45) is 4.96. The van der Waals surface area contributed by atoms with Crippen molar-refractivity contribution in [1.82, 2.24) is 4.31 Å². The molecular weight excluding hydrogens is 768 g/mol. The van der Waals surface area contributed by atoms with Crippen molar-refractivity contribution in [3.63, 3.8) is 0 Å². The number of likely N-dealkylation sites (N-methyl/N-ethyl adjacent to an activating group) is 1. The van der Waals surface area contributed by atoms with Crippen LogP contribution in [0, 0.1) is 29.1 Å². The molecule has 0 aliphatic heterocycles. The number of carbonyl (C=O) groups excluding carboxylic acids is 2. The summed E-state index contributed by atoms with van der Waals surface area (Å²) in [7, 11) is -4.75. The van der Waals surface area contributed by atoms with Gasteiger partial charge in [-0.3, -0.25) is 4.79 Å². The number of sulfonamides is 1. The van der Waals surface area contributed by atoms with Gasteiger partial charge in [-0.1, -0.05) is 104 Å². The van der Waals surface area contributed by atoms with Crippen LogP contribution in [-0.4, -0.2) is 37.7 Å². The van der Waals surface area contributed by atoms with Gasteiger partial charge in [-0.05, 0) is 65.6 Å². The Morgan fingerprint density at radius 2 is 1.28 bits per heavy atom. The number of esters is 1. The second kappa shape index (κ2) is 18.1. The minimum atomic E-state index is -5.56. The van der Waals surface area contributed by atoms with Crippen molar-refractivity contribution in [3.8, 4) is 5.75 Å². The van der Waals surface area contributed by atoms with Crippen molar-refractivity contribution in [2.75, 3.05) is 12.4 Å². The summed E-state index contributed by atoms with van der Waals surface area (Å²) in [4.78, 5) is 25.5. The van der Waals surface area contributed by atoms with E-state index in [-0.39, 0.29) is 40.9 Å². The van der Waals surface area contributed by atoms with Crippen LogP contribution in [0.2, 0.25) is 0 Å². The maximum atomic E-state index is 14.9. The summed E-state index contributed by atoms with van der Waals surface area (Å²) in [5.41, 5.74) is 2.91. The predicted octanol–water partition coefficient (Wildman–Crippen LogP) is 9.24. The molecule has 14 heteroatoms. The molecule has 6 rings (SSSR count). The van der Waals surface area contributed by atoms with Gasteiger partial charge in [0.25, 0.3) is 0 Å². The van der Waals surface area contributed by atoms with Crippen molar-refractivity contribution in [1.29, 1.82) is 0 Å². The fourth-order valence-electron chi connectivity index (χ4n) is 6.75. The number of nitrogens with zero attached hydrogens (tertiary/aromatic N) is 1. The van der Waals surface area contributed by atoms with Crippen LogP contribution in [0.5, 0.6) is 5.75 Å². The number of carbonyl (C=O) groups is 2. The van der Waals surface area contributed by atoms with E-state index in [1.54, 1.807) is 42.5 Å². The molecule has 298 valence electrons. The maximum Gasteiger partial charge on any atom is 0.342 e. The summed E-state index contributed by atoms with van der Waals surface area (Å²) in [6.45, 7) is -0.0101. The van der Waals surface area contributed by atoms with E-state index in [2.05, 4.69) is 5.32 Å². The molecule has 0 bridgehead atoms. The zero-order chi connectivity index (χ0) is 40.7. The van der Waals surface area contributed by atoms with Gasteiger partial charge in [0.05, 0.1) is 0 Å². The van der Waals surface area contributed by atoms with E-state index in [1.807, 2.05) is 42.5 Å². The fraction of sp³-hybridized carbons (Fsp3) is 0.256. The number of anilines is 1. The monoisotopic (exact) mass is 806 g/mol. The fourth-order valence-corrected chi connectivity index (χ4v) is 8.17. The molecule has 5 aromatic carbocycles. The van der Waals surface area contributed by atoms with Crippen molar-refractivity contribution in [3.05, 3.63) is 160 Å². The zero-order valence-electron chi connectivity index (χ0n) is 30.8. The van der Waals surface area contributed by atoms with Crippen molar-refractivity contribution >= 4 is 27.6 Å². The summed E-state index contributed by atoms with van der Waals surface area (Å²) in [6, 6.07) is 27.4. The van der Waals surface area contributed by atoms with E-state index in [1.165, 1.54) is 18.2 Å². The first kappa shape index (κ1) is 41.0. The normalized spacial score (nSPS) is 13.9. The first-order valence-corrected chi connectivity index (χ1v) is 19.7. The summed E-state index contributed by atoms with van der Waals surface area (Å²) in [5.74, 6) is -14.0. The number of amides is 1. The highest BCUT2D eigenvalue weighted by molar-refractivity contribution is 7.89. The SMILES string of the molecule is CN(C(Cc1ccc(C2CCCCC2)cc1)C(=O)Nc1ccc(OCc2ccccc2)c(C(=O)OCc2ccccc2)c1)S(=O)(=O)c1c(F)c(F)c(F)c(F)c1F. The molecule has 0 spiro atoms. The van der Waals surface area contributed by atoms with Gasteiger partial charge in [0.1, 0.15) is 30.6 Å². The van der Waals surface area contributed by atoms with Crippen LogP contribution in [0.15, 0.2) is 108 Å². The highest BCUT2D eigenvalue weighted by Crippen LogP contribution is 2.34. The van der Waals surface area contributed by atoms with E-state index in [0.717, 1.165) is 50.3 Å². The van der Waals surface area contributed by atoms with Crippen LogP contribution in [0.4, 0.5) is 27.6 Å². The third-order valence-electron chi connectivity index (χ3n) is 9.95. The van der Waals surface area contributed by atoms with Gasteiger partial charge in [-0.25, -0.2) is 35.2 Å². The number of halogens is 5. The molecule has 1 unspecified atom stereocenters. The third-order valence-corrected chi connectivity index (χ3v) is 11.8. The Hall–Kier alpha value is -5.60. The molecule has 1 aliphatic rings. The molecule has 0 aromatic heterocycles. The smallest absolute Gasteiger partial charge is 0.342 e. The summed E-state index contributed by atoms with van der Waals surface area (Å²) < 4.78 is 112. The van der Waals surface area contributed by atoms with Crippen LogP contribution < -0.4 is 10.1 Å². The molecule has 8 nitrogen and oxygen atoms in total. The maximum absolute atomic E-state index is 14.9. The highest BCUT2D eigenvalue weighted by Gasteiger charge is 2.40. The average Bonchev–Trinajstić information content (AvgIpc) is 3.23. The Bertz CT molecular complexity index is 2300.